The lowest BCUT2D eigenvalue weighted by Crippen LogP contribution is -2.36. The van der Waals surface area contributed by atoms with Crippen LogP contribution in [-0.4, -0.2) is 23.1 Å². The van der Waals surface area contributed by atoms with Crippen molar-refractivity contribution in [1.29, 1.82) is 0 Å². The number of halogens is 1. The minimum atomic E-state index is 0.0842. The van der Waals surface area contributed by atoms with E-state index in [9.17, 15) is 0 Å². The maximum absolute atomic E-state index is 6.31. The molecule has 0 aliphatic carbocycles. The Labute approximate surface area is 134 Å². The zero-order valence-corrected chi connectivity index (χ0v) is 14.7. The molecule has 0 bridgehead atoms. The van der Waals surface area contributed by atoms with E-state index < -0.39 is 0 Å². The van der Waals surface area contributed by atoms with Crippen molar-refractivity contribution in [2.75, 3.05) is 11.4 Å². The Morgan fingerprint density at radius 1 is 1.43 bits per heavy atom. The molecule has 1 atom stereocenters. The van der Waals surface area contributed by atoms with Crippen LogP contribution in [-0.2, 0) is 6.54 Å². The van der Waals surface area contributed by atoms with Crippen molar-refractivity contribution < 1.29 is 0 Å². The third kappa shape index (κ3) is 4.33. The van der Waals surface area contributed by atoms with E-state index in [0.717, 1.165) is 29.5 Å². The first kappa shape index (κ1) is 16.6. The van der Waals surface area contributed by atoms with Gasteiger partial charge in [-0.2, -0.15) is 0 Å². The van der Waals surface area contributed by atoms with Crippen molar-refractivity contribution in [3.8, 4) is 0 Å². The summed E-state index contributed by atoms with van der Waals surface area (Å²) in [6.45, 7) is 13.0. The average molecular weight is 310 g/mol. The highest BCUT2D eigenvalue weighted by molar-refractivity contribution is 6.31. The number of anilines is 1. The van der Waals surface area contributed by atoms with Crippen LogP contribution < -0.4 is 10.2 Å². The molecule has 4 heteroatoms. The normalized spacial score (nSPS) is 19.6. The highest BCUT2D eigenvalue weighted by atomic mass is 35.5. The summed E-state index contributed by atoms with van der Waals surface area (Å²) >= 11 is 6.31. The monoisotopic (exact) mass is 309 g/mol. The third-order valence-electron chi connectivity index (χ3n) is 4.09. The first-order valence-electron chi connectivity index (χ1n) is 7.94. The predicted octanol–water partition coefficient (Wildman–Crippen LogP) is 4.25. The second kappa shape index (κ2) is 6.53. The number of nitrogens with zero attached hydrogens (tertiary/aromatic N) is 2. The fourth-order valence-electron chi connectivity index (χ4n) is 2.89. The summed E-state index contributed by atoms with van der Waals surface area (Å²) < 4.78 is 0. The second-order valence-electron chi connectivity index (χ2n) is 7.38. The van der Waals surface area contributed by atoms with Gasteiger partial charge in [-0.05, 0) is 51.2 Å². The van der Waals surface area contributed by atoms with E-state index in [0.29, 0.717) is 12.0 Å². The van der Waals surface area contributed by atoms with Gasteiger partial charge in [-0.15, -0.1) is 0 Å². The van der Waals surface area contributed by atoms with Gasteiger partial charge >= 0.3 is 0 Å². The number of rotatable bonds is 4. The quantitative estimate of drug-likeness (QED) is 0.901. The zero-order chi connectivity index (χ0) is 15.6. The minimum absolute atomic E-state index is 0.0842. The molecular weight excluding hydrogens is 282 g/mol. The molecule has 1 fully saturated rings. The van der Waals surface area contributed by atoms with Crippen LogP contribution in [0.2, 0.25) is 5.02 Å². The maximum Gasteiger partial charge on any atom is 0.129 e. The topological polar surface area (TPSA) is 28.2 Å². The summed E-state index contributed by atoms with van der Waals surface area (Å²) in [7, 11) is 0. The Balaban J connectivity index is 2.18. The molecule has 0 aromatic carbocycles. The summed E-state index contributed by atoms with van der Waals surface area (Å²) in [6, 6.07) is 2.75. The Hall–Kier alpha value is -0.800. The highest BCUT2D eigenvalue weighted by Crippen LogP contribution is 2.30. The first-order chi connectivity index (χ1) is 9.78. The van der Waals surface area contributed by atoms with E-state index in [4.69, 9.17) is 11.6 Å². The van der Waals surface area contributed by atoms with Gasteiger partial charge in [0.05, 0.1) is 5.02 Å². The molecule has 1 unspecified atom stereocenters. The Morgan fingerprint density at radius 3 is 2.76 bits per heavy atom. The van der Waals surface area contributed by atoms with Gasteiger partial charge in [0.1, 0.15) is 5.82 Å². The average Bonchev–Trinajstić information content (AvgIpc) is 2.86. The molecule has 0 amide bonds. The molecule has 3 nitrogen and oxygen atoms in total. The molecule has 2 heterocycles. The molecule has 1 N–H and O–H groups in total. The number of hydrogen-bond acceptors (Lipinski definition) is 3. The maximum atomic E-state index is 6.31. The first-order valence-corrected chi connectivity index (χ1v) is 8.32. The SMILES string of the molecule is CC(C)C1CCCN1c1cc(CNC(C)(C)C)c(Cl)cn1. The summed E-state index contributed by atoms with van der Waals surface area (Å²) in [4.78, 5) is 7.01. The number of pyridine rings is 1. The van der Waals surface area contributed by atoms with E-state index in [-0.39, 0.29) is 5.54 Å². The molecule has 21 heavy (non-hydrogen) atoms. The Kier molecular flexibility index (Phi) is 5.15. The van der Waals surface area contributed by atoms with Gasteiger partial charge in [0.25, 0.3) is 0 Å². The molecule has 1 aromatic heterocycles. The van der Waals surface area contributed by atoms with Crippen LogP contribution in [0.15, 0.2) is 12.3 Å². The third-order valence-corrected chi connectivity index (χ3v) is 4.43. The molecule has 0 spiro atoms. The molecule has 1 aliphatic rings. The van der Waals surface area contributed by atoms with Crippen molar-refractivity contribution in [3.63, 3.8) is 0 Å². The number of hydrogen-bond donors (Lipinski definition) is 1. The lowest BCUT2D eigenvalue weighted by atomic mass is 10.0. The molecule has 118 valence electrons. The van der Waals surface area contributed by atoms with Gasteiger partial charge in [-0.25, -0.2) is 4.98 Å². The summed E-state index contributed by atoms with van der Waals surface area (Å²) in [6.07, 6.45) is 4.31. The minimum Gasteiger partial charge on any atom is -0.353 e. The van der Waals surface area contributed by atoms with Crippen LogP contribution in [0.1, 0.15) is 53.0 Å². The van der Waals surface area contributed by atoms with Crippen molar-refractivity contribution >= 4 is 17.4 Å². The lowest BCUT2D eigenvalue weighted by molar-refractivity contribution is 0.424. The smallest absolute Gasteiger partial charge is 0.129 e. The van der Waals surface area contributed by atoms with Crippen LogP contribution in [0.4, 0.5) is 5.82 Å². The van der Waals surface area contributed by atoms with E-state index in [1.165, 1.54) is 12.8 Å². The molecule has 1 saturated heterocycles. The summed E-state index contributed by atoms with van der Waals surface area (Å²) in [5.41, 5.74) is 1.21. The predicted molar refractivity (Wildman–Crippen MR) is 91.0 cm³/mol. The fourth-order valence-corrected chi connectivity index (χ4v) is 3.06. The van der Waals surface area contributed by atoms with Gasteiger partial charge in [0.15, 0.2) is 0 Å². The second-order valence-corrected chi connectivity index (χ2v) is 7.79. The largest absolute Gasteiger partial charge is 0.353 e. The van der Waals surface area contributed by atoms with Crippen molar-refractivity contribution in [3.05, 3.63) is 22.8 Å². The van der Waals surface area contributed by atoms with Crippen molar-refractivity contribution in [2.45, 2.75) is 65.6 Å². The lowest BCUT2D eigenvalue weighted by Gasteiger charge is -2.29. The zero-order valence-electron chi connectivity index (χ0n) is 13.9. The van der Waals surface area contributed by atoms with Crippen LogP contribution in [0.3, 0.4) is 0 Å². The van der Waals surface area contributed by atoms with Crippen LogP contribution in [0.5, 0.6) is 0 Å². The molecule has 2 rings (SSSR count). The van der Waals surface area contributed by atoms with Crippen LogP contribution in [0, 0.1) is 5.92 Å². The molecular formula is C17H28ClN3. The van der Waals surface area contributed by atoms with Gasteiger partial charge in [-0.3, -0.25) is 0 Å². The highest BCUT2D eigenvalue weighted by Gasteiger charge is 2.28. The van der Waals surface area contributed by atoms with Gasteiger partial charge < -0.3 is 10.2 Å². The van der Waals surface area contributed by atoms with Gasteiger partial charge in [0.2, 0.25) is 0 Å². The standard InChI is InChI=1S/C17H28ClN3/c1-12(2)15-7-6-8-21(15)16-9-13(14(18)11-19-16)10-20-17(3,4)5/h9,11-12,15,20H,6-8,10H2,1-5H3. The van der Waals surface area contributed by atoms with E-state index >= 15 is 0 Å². The Morgan fingerprint density at radius 2 is 2.14 bits per heavy atom. The molecule has 0 radical (unpaired) electrons. The number of nitrogens with one attached hydrogen (secondary N) is 1. The molecule has 0 saturated carbocycles. The molecule has 1 aromatic rings. The Bertz CT molecular complexity index is 479. The van der Waals surface area contributed by atoms with Gasteiger partial charge in [-0.1, -0.05) is 25.4 Å². The van der Waals surface area contributed by atoms with Crippen LogP contribution in [0.25, 0.3) is 0 Å². The summed E-state index contributed by atoms with van der Waals surface area (Å²) in [5, 5.41) is 4.25. The van der Waals surface area contributed by atoms with Gasteiger partial charge in [0, 0.05) is 30.9 Å². The van der Waals surface area contributed by atoms with Crippen LogP contribution >= 0.6 is 11.6 Å². The fraction of sp³-hybridized carbons (Fsp3) is 0.706. The number of aromatic nitrogens is 1. The van der Waals surface area contributed by atoms with E-state index in [2.05, 4.69) is 55.9 Å². The van der Waals surface area contributed by atoms with E-state index in [1.54, 1.807) is 6.20 Å². The van der Waals surface area contributed by atoms with Crippen molar-refractivity contribution in [2.24, 2.45) is 5.92 Å². The molecule has 1 aliphatic heterocycles. The summed E-state index contributed by atoms with van der Waals surface area (Å²) in [5.74, 6) is 1.72. The van der Waals surface area contributed by atoms with E-state index in [1.807, 2.05) is 0 Å². The van der Waals surface area contributed by atoms with Crippen molar-refractivity contribution in [1.82, 2.24) is 10.3 Å².